The van der Waals surface area contributed by atoms with Crippen molar-refractivity contribution >= 4 is 17.3 Å². The zero-order valence-corrected chi connectivity index (χ0v) is 15.6. The Morgan fingerprint density at radius 3 is 2.78 bits per heavy atom. The smallest absolute Gasteiger partial charge is 0.243 e. The molecule has 0 aromatic heterocycles. The van der Waals surface area contributed by atoms with Crippen LogP contribution >= 0.6 is 0 Å². The van der Waals surface area contributed by atoms with Gasteiger partial charge in [0.05, 0.1) is 18.8 Å². The summed E-state index contributed by atoms with van der Waals surface area (Å²) < 4.78 is 16.4. The SMILES string of the molecule is C=CCOc1cccc(NCC(=O)Nc2ccccc2OCCOCC)c1. The van der Waals surface area contributed by atoms with Crippen LogP contribution in [-0.2, 0) is 9.53 Å². The first kappa shape index (κ1) is 20.3. The predicted octanol–water partition coefficient (Wildman–Crippen LogP) is 3.72. The van der Waals surface area contributed by atoms with Crippen LogP contribution in [0.15, 0.2) is 61.2 Å². The lowest BCUT2D eigenvalue weighted by Crippen LogP contribution is -2.22. The van der Waals surface area contributed by atoms with E-state index in [2.05, 4.69) is 17.2 Å². The zero-order chi connectivity index (χ0) is 19.3. The Balaban J connectivity index is 1.86. The van der Waals surface area contributed by atoms with Crippen molar-refractivity contribution in [3.63, 3.8) is 0 Å². The van der Waals surface area contributed by atoms with Gasteiger partial charge in [0.15, 0.2) is 0 Å². The first-order valence-electron chi connectivity index (χ1n) is 8.90. The van der Waals surface area contributed by atoms with E-state index in [0.29, 0.717) is 43.6 Å². The van der Waals surface area contributed by atoms with Crippen molar-refractivity contribution in [3.05, 3.63) is 61.2 Å². The summed E-state index contributed by atoms with van der Waals surface area (Å²) >= 11 is 0. The summed E-state index contributed by atoms with van der Waals surface area (Å²) in [6.07, 6.45) is 1.68. The van der Waals surface area contributed by atoms with Gasteiger partial charge in [0.2, 0.25) is 5.91 Å². The molecule has 0 saturated heterocycles. The van der Waals surface area contributed by atoms with Gasteiger partial charge in [0, 0.05) is 18.4 Å². The number of nitrogens with one attached hydrogen (secondary N) is 2. The lowest BCUT2D eigenvalue weighted by Gasteiger charge is -2.13. The quantitative estimate of drug-likeness (QED) is 0.440. The zero-order valence-electron chi connectivity index (χ0n) is 15.6. The summed E-state index contributed by atoms with van der Waals surface area (Å²) in [7, 11) is 0. The first-order valence-corrected chi connectivity index (χ1v) is 8.90. The Morgan fingerprint density at radius 1 is 1.11 bits per heavy atom. The van der Waals surface area contributed by atoms with Crippen LogP contribution in [0.5, 0.6) is 11.5 Å². The van der Waals surface area contributed by atoms with Crippen molar-refractivity contribution in [1.29, 1.82) is 0 Å². The van der Waals surface area contributed by atoms with Gasteiger partial charge >= 0.3 is 0 Å². The van der Waals surface area contributed by atoms with Crippen molar-refractivity contribution < 1.29 is 19.0 Å². The highest BCUT2D eigenvalue weighted by atomic mass is 16.5. The number of benzene rings is 2. The summed E-state index contributed by atoms with van der Waals surface area (Å²) in [6.45, 7) is 7.69. The topological polar surface area (TPSA) is 68.8 Å². The van der Waals surface area contributed by atoms with Crippen molar-refractivity contribution in [2.24, 2.45) is 0 Å². The molecule has 2 N–H and O–H groups in total. The number of carbonyl (C=O) groups excluding carboxylic acids is 1. The number of anilines is 2. The molecule has 0 fully saturated rings. The van der Waals surface area contributed by atoms with E-state index in [1.54, 1.807) is 12.1 Å². The van der Waals surface area contributed by atoms with E-state index in [4.69, 9.17) is 14.2 Å². The molecule has 27 heavy (non-hydrogen) atoms. The molecular weight excluding hydrogens is 344 g/mol. The Labute approximate surface area is 160 Å². The molecule has 0 aliphatic carbocycles. The van der Waals surface area contributed by atoms with Gasteiger partial charge in [-0.1, -0.05) is 30.9 Å². The Morgan fingerprint density at radius 2 is 1.96 bits per heavy atom. The van der Waals surface area contributed by atoms with Gasteiger partial charge in [-0.25, -0.2) is 0 Å². The summed E-state index contributed by atoms with van der Waals surface area (Å²) in [5.74, 6) is 1.16. The number of para-hydroxylation sites is 2. The van der Waals surface area contributed by atoms with Crippen molar-refractivity contribution in [2.75, 3.05) is 43.6 Å². The minimum absolute atomic E-state index is 0.123. The fourth-order valence-electron chi connectivity index (χ4n) is 2.28. The highest BCUT2D eigenvalue weighted by Crippen LogP contribution is 2.23. The minimum atomic E-state index is -0.173. The van der Waals surface area contributed by atoms with E-state index in [1.165, 1.54) is 0 Å². The Bertz CT molecular complexity index is 734. The Hall–Kier alpha value is -2.99. The molecule has 0 spiro atoms. The lowest BCUT2D eigenvalue weighted by atomic mass is 10.3. The van der Waals surface area contributed by atoms with Crippen LogP contribution in [0.25, 0.3) is 0 Å². The van der Waals surface area contributed by atoms with Crippen molar-refractivity contribution in [3.8, 4) is 11.5 Å². The van der Waals surface area contributed by atoms with Crippen LogP contribution in [0.3, 0.4) is 0 Å². The molecule has 1 amide bonds. The average Bonchev–Trinajstić information content (AvgIpc) is 2.69. The third kappa shape index (κ3) is 7.42. The molecule has 0 saturated carbocycles. The maximum atomic E-state index is 12.3. The molecule has 2 aromatic rings. The fourth-order valence-corrected chi connectivity index (χ4v) is 2.28. The summed E-state index contributed by atoms with van der Waals surface area (Å²) in [5, 5.41) is 5.94. The molecule has 0 radical (unpaired) electrons. The maximum absolute atomic E-state index is 12.3. The van der Waals surface area contributed by atoms with Gasteiger partial charge in [-0.05, 0) is 31.2 Å². The number of amides is 1. The standard InChI is InChI=1S/C21H26N2O4/c1-3-12-26-18-9-7-8-17(15-18)22-16-21(24)23-19-10-5-6-11-20(19)27-14-13-25-4-2/h3,5-11,15,22H,1,4,12-14,16H2,2H3,(H,23,24). The highest BCUT2D eigenvalue weighted by Gasteiger charge is 2.08. The molecule has 0 atom stereocenters. The molecule has 2 rings (SSSR count). The second-order valence-corrected chi connectivity index (χ2v) is 5.57. The third-order valence-corrected chi connectivity index (χ3v) is 3.51. The molecule has 0 bridgehead atoms. The first-order chi connectivity index (χ1) is 13.2. The van der Waals surface area contributed by atoms with Gasteiger partial charge in [0.25, 0.3) is 0 Å². The second kappa shape index (κ2) is 11.6. The molecule has 2 aromatic carbocycles. The Kier molecular flexibility index (Phi) is 8.73. The largest absolute Gasteiger partial charge is 0.489 e. The van der Waals surface area contributed by atoms with Gasteiger partial charge in [-0.3, -0.25) is 4.79 Å². The van der Waals surface area contributed by atoms with Gasteiger partial charge in [0.1, 0.15) is 24.7 Å². The maximum Gasteiger partial charge on any atom is 0.243 e. The fraction of sp³-hybridized carbons (Fsp3) is 0.286. The summed E-state index contributed by atoms with van der Waals surface area (Å²) in [4.78, 5) is 12.3. The number of hydrogen-bond donors (Lipinski definition) is 2. The predicted molar refractivity (Wildman–Crippen MR) is 108 cm³/mol. The van der Waals surface area contributed by atoms with E-state index in [-0.39, 0.29) is 12.5 Å². The van der Waals surface area contributed by atoms with Crippen LogP contribution in [0, 0.1) is 0 Å². The van der Waals surface area contributed by atoms with E-state index in [1.807, 2.05) is 49.4 Å². The third-order valence-electron chi connectivity index (χ3n) is 3.51. The average molecular weight is 370 g/mol. The molecule has 144 valence electrons. The monoisotopic (exact) mass is 370 g/mol. The van der Waals surface area contributed by atoms with Crippen LogP contribution in [0.4, 0.5) is 11.4 Å². The molecule has 6 nitrogen and oxygen atoms in total. The summed E-state index contributed by atoms with van der Waals surface area (Å²) in [5.41, 5.74) is 1.43. The van der Waals surface area contributed by atoms with Gasteiger partial charge in [-0.15, -0.1) is 0 Å². The molecule has 6 heteroatoms. The lowest BCUT2D eigenvalue weighted by molar-refractivity contribution is -0.114. The van der Waals surface area contributed by atoms with Gasteiger partial charge < -0.3 is 24.8 Å². The van der Waals surface area contributed by atoms with E-state index in [9.17, 15) is 4.79 Å². The molecular formula is C21H26N2O4. The molecule has 0 aliphatic rings. The number of carbonyl (C=O) groups is 1. The van der Waals surface area contributed by atoms with Gasteiger partial charge in [-0.2, -0.15) is 0 Å². The summed E-state index contributed by atoms with van der Waals surface area (Å²) in [6, 6.07) is 14.7. The minimum Gasteiger partial charge on any atom is -0.489 e. The van der Waals surface area contributed by atoms with Crippen molar-refractivity contribution in [1.82, 2.24) is 0 Å². The molecule has 0 heterocycles. The number of rotatable bonds is 12. The van der Waals surface area contributed by atoms with E-state index in [0.717, 1.165) is 5.69 Å². The van der Waals surface area contributed by atoms with E-state index < -0.39 is 0 Å². The van der Waals surface area contributed by atoms with Crippen LogP contribution in [0.1, 0.15) is 6.92 Å². The highest BCUT2D eigenvalue weighted by molar-refractivity contribution is 5.95. The normalized spacial score (nSPS) is 10.1. The second-order valence-electron chi connectivity index (χ2n) is 5.57. The van der Waals surface area contributed by atoms with E-state index >= 15 is 0 Å². The van der Waals surface area contributed by atoms with Crippen LogP contribution in [-0.4, -0.2) is 38.9 Å². The molecule has 0 unspecified atom stereocenters. The molecule has 0 aliphatic heterocycles. The number of hydrogen-bond acceptors (Lipinski definition) is 5. The number of ether oxygens (including phenoxy) is 3. The van der Waals surface area contributed by atoms with Crippen LogP contribution in [0.2, 0.25) is 0 Å². The van der Waals surface area contributed by atoms with Crippen molar-refractivity contribution in [2.45, 2.75) is 6.92 Å². The van der Waals surface area contributed by atoms with Crippen LogP contribution < -0.4 is 20.1 Å².